The van der Waals surface area contributed by atoms with Gasteiger partial charge in [0, 0.05) is 57.4 Å². The van der Waals surface area contributed by atoms with Crippen molar-refractivity contribution in [2.24, 2.45) is 0 Å². The fourth-order valence-electron chi connectivity index (χ4n) is 9.99. The van der Waals surface area contributed by atoms with Crippen LogP contribution < -0.4 is 31.9 Å². The van der Waals surface area contributed by atoms with Gasteiger partial charge in [0.15, 0.2) is 25.2 Å². The van der Waals surface area contributed by atoms with Crippen LogP contribution in [0.1, 0.15) is 65.2 Å². The third-order valence-electron chi connectivity index (χ3n) is 14.2. The van der Waals surface area contributed by atoms with Crippen LogP contribution in [0.15, 0.2) is 0 Å². The quantitative estimate of drug-likeness (QED) is 0.0268. The summed E-state index contributed by atoms with van der Waals surface area (Å²) in [5.74, 6) is -0.879. The summed E-state index contributed by atoms with van der Waals surface area (Å²) in [5.41, 5.74) is 0. The van der Waals surface area contributed by atoms with Gasteiger partial charge < -0.3 is 126 Å². The Morgan fingerprint density at radius 1 is 0.571 bits per heavy atom. The Bertz CT molecular complexity index is 1900. The van der Waals surface area contributed by atoms with E-state index in [1.54, 1.807) is 0 Å². The third kappa shape index (κ3) is 16.7. The number of carbonyl (C=O) groups excluding carboxylic acids is 5. The lowest BCUT2D eigenvalue weighted by molar-refractivity contribution is -0.357. The fourth-order valence-corrected chi connectivity index (χ4v) is 11.5. The highest BCUT2D eigenvalue weighted by Gasteiger charge is 2.55. The second-order valence-electron chi connectivity index (χ2n) is 19.9. The number of hydrogen-bond acceptors (Lipinski definition) is 25. The number of thioether (sulfide) groups is 1. The van der Waals surface area contributed by atoms with Crippen LogP contribution in [-0.2, 0) is 57.1 Å². The van der Waals surface area contributed by atoms with Gasteiger partial charge in [-0.1, -0.05) is 12.8 Å². The summed E-state index contributed by atoms with van der Waals surface area (Å²) in [7, 11) is 0. The second-order valence-corrected chi connectivity index (χ2v) is 21.2. The summed E-state index contributed by atoms with van der Waals surface area (Å²) in [4.78, 5) is 61.7. The molecule has 23 atom stereocenters. The molecule has 0 bridgehead atoms. The molecule has 77 heavy (non-hydrogen) atoms. The van der Waals surface area contributed by atoms with E-state index < -0.39 is 161 Å². The van der Waals surface area contributed by atoms with E-state index in [1.807, 2.05) is 11.8 Å². The smallest absolute Gasteiger partial charge is 0.315 e. The zero-order chi connectivity index (χ0) is 56.1. The number of unbranched alkanes of at least 4 members (excludes halogenated alkanes) is 3. The molecule has 6 aliphatic heterocycles. The van der Waals surface area contributed by atoms with Crippen molar-refractivity contribution >= 4 is 41.4 Å². The summed E-state index contributed by atoms with van der Waals surface area (Å²) in [6.45, 7) is -0.548. The van der Waals surface area contributed by atoms with Crippen LogP contribution in [0, 0.1) is 0 Å². The van der Waals surface area contributed by atoms with Crippen LogP contribution in [0.25, 0.3) is 0 Å². The highest BCUT2D eigenvalue weighted by atomic mass is 32.2. The van der Waals surface area contributed by atoms with Crippen molar-refractivity contribution in [2.45, 2.75) is 205 Å². The molecule has 0 radical (unpaired) electrons. The minimum atomic E-state index is -1.96. The normalized spacial score (nSPS) is 40.0. The standard InChI is InChI=1S/C46H78N6O24S/c1-19(56)49-30-35(63)40(75-44-38(66)36(64)32(60)22(14-53)71-44)24(16-55)73-42(30)70-17-25-34(62)41(76-45-39(67)37(65)33(61)23(15-54)72-45)31(50-20(2)57)43(74-25)69-13-7-3-4-9-27(58)47-11-12-48-28(59)10-6-5-8-26-29-21(18-77-26)51-46(68)52-29/h21-26,29-45,53-55,60-67H,3-18H2,1-2H3,(H,47,58)(H,48,59)(H,49,56)(H,50,57)(H2,51,52,68)/t21-,22+,23+,24+,25+,26-,29-,30+,31+,32-,33-,34-,35+,36-,37-,38+,39+,40+,41+,42+,43-,44-,45-/m0/s1. The maximum Gasteiger partial charge on any atom is 0.315 e. The number of nitrogens with one attached hydrogen (secondary N) is 6. The predicted molar refractivity (Wildman–Crippen MR) is 259 cm³/mol. The molecular formula is C46H78N6O24S. The van der Waals surface area contributed by atoms with E-state index in [4.69, 9.17) is 37.9 Å². The van der Waals surface area contributed by atoms with Crippen molar-refractivity contribution < 1.29 is 118 Å². The molecule has 6 aliphatic rings. The molecule has 6 rings (SSSR count). The highest BCUT2D eigenvalue weighted by Crippen LogP contribution is 2.35. The summed E-state index contributed by atoms with van der Waals surface area (Å²) >= 11 is 1.82. The molecule has 6 amide bonds. The molecule has 0 aliphatic carbocycles. The average Bonchev–Trinajstić information content (AvgIpc) is 3.97. The van der Waals surface area contributed by atoms with Gasteiger partial charge in [0.2, 0.25) is 23.6 Å². The number of fused-ring (bicyclic) bond motifs is 1. The van der Waals surface area contributed by atoms with Gasteiger partial charge in [-0.3, -0.25) is 19.2 Å². The van der Waals surface area contributed by atoms with Crippen LogP contribution in [0.4, 0.5) is 4.79 Å². The topological polar surface area (TPSA) is 454 Å². The monoisotopic (exact) mass is 1130 g/mol. The van der Waals surface area contributed by atoms with Crippen molar-refractivity contribution in [3.05, 3.63) is 0 Å². The number of urea groups is 1. The molecule has 0 aromatic heterocycles. The number of aliphatic hydroxyl groups is 11. The lowest BCUT2D eigenvalue weighted by Gasteiger charge is -2.49. The van der Waals surface area contributed by atoms with E-state index in [-0.39, 0.29) is 56.0 Å². The lowest BCUT2D eigenvalue weighted by atomic mass is 9.94. The van der Waals surface area contributed by atoms with Gasteiger partial charge in [-0.25, -0.2) is 4.79 Å². The van der Waals surface area contributed by atoms with Gasteiger partial charge in [-0.15, -0.1) is 0 Å². The maximum absolute atomic E-state index is 12.7. The van der Waals surface area contributed by atoms with Gasteiger partial charge in [0.1, 0.15) is 97.5 Å². The minimum absolute atomic E-state index is 0.0598. The SMILES string of the molecule is CC(=O)N[C@H]1[C@H](OC[C@H]2O[C@H](OCCCCCC(=O)NCCNC(=O)CCCC[C@@H]3SC[C@@H]4NC(=O)N[C@@H]43)[C@H](NC(C)=O)[C@@H](O[C@@H]3O[C@H](CO)[C@H](O)[C@H](O)[C@H]3O)[C@H]2O)O[C@H](CO)[C@@H](O[C@@H]2O[C@H](CO)[C@H](O)[C@H](O)[C@H]2O)[C@@H]1O. The molecule has 0 aromatic carbocycles. The predicted octanol–water partition coefficient (Wildman–Crippen LogP) is -7.92. The lowest BCUT2D eigenvalue weighted by Crippen LogP contribution is -2.69. The zero-order valence-electron chi connectivity index (χ0n) is 42.7. The number of aliphatic hydroxyl groups excluding tert-OH is 11. The summed E-state index contributed by atoms with van der Waals surface area (Å²) in [5, 5.41) is 133. The average molecular weight is 1130 g/mol. The Balaban J connectivity index is 1.03. The Hall–Kier alpha value is -3.26. The van der Waals surface area contributed by atoms with Gasteiger partial charge >= 0.3 is 6.03 Å². The fraction of sp³-hybridized carbons (Fsp3) is 0.891. The van der Waals surface area contributed by atoms with Crippen LogP contribution in [0.5, 0.6) is 0 Å². The van der Waals surface area contributed by atoms with Crippen molar-refractivity contribution in [1.29, 1.82) is 0 Å². The number of amides is 6. The van der Waals surface area contributed by atoms with Crippen molar-refractivity contribution in [2.75, 3.05) is 51.9 Å². The van der Waals surface area contributed by atoms with Crippen LogP contribution in [0.2, 0.25) is 0 Å². The van der Waals surface area contributed by atoms with Gasteiger partial charge in [-0.05, 0) is 25.7 Å². The van der Waals surface area contributed by atoms with E-state index in [1.165, 1.54) is 0 Å². The van der Waals surface area contributed by atoms with E-state index in [0.717, 1.165) is 32.4 Å². The molecule has 6 heterocycles. The first-order valence-electron chi connectivity index (χ1n) is 26.0. The molecule has 30 nitrogen and oxygen atoms in total. The van der Waals surface area contributed by atoms with E-state index in [2.05, 4.69) is 31.9 Å². The number of hydrogen-bond donors (Lipinski definition) is 17. The van der Waals surface area contributed by atoms with E-state index in [0.29, 0.717) is 37.4 Å². The zero-order valence-corrected chi connectivity index (χ0v) is 43.5. The van der Waals surface area contributed by atoms with Crippen molar-refractivity contribution in [3.8, 4) is 0 Å². The number of ether oxygens (including phenoxy) is 8. The first-order valence-corrected chi connectivity index (χ1v) is 27.0. The summed E-state index contributed by atoms with van der Waals surface area (Å²) in [6, 6.07) is -2.80. The second kappa shape index (κ2) is 30.0. The Morgan fingerprint density at radius 2 is 1.09 bits per heavy atom. The first-order chi connectivity index (χ1) is 36.8. The van der Waals surface area contributed by atoms with Crippen LogP contribution in [0.3, 0.4) is 0 Å². The highest BCUT2D eigenvalue weighted by molar-refractivity contribution is 8.00. The molecule has 0 saturated carbocycles. The third-order valence-corrected chi connectivity index (χ3v) is 15.7. The minimum Gasteiger partial charge on any atom is -0.394 e. The first kappa shape index (κ1) is 62.9. The largest absolute Gasteiger partial charge is 0.394 e. The van der Waals surface area contributed by atoms with Crippen molar-refractivity contribution in [1.82, 2.24) is 31.9 Å². The molecule has 6 fully saturated rings. The van der Waals surface area contributed by atoms with Crippen molar-refractivity contribution in [3.63, 3.8) is 0 Å². The summed E-state index contributed by atoms with van der Waals surface area (Å²) < 4.78 is 46.9. The Labute approximate surface area is 447 Å². The van der Waals surface area contributed by atoms with Crippen LogP contribution >= 0.6 is 11.8 Å². The molecule has 0 spiro atoms. The molecule has 31 heteroatoms. The Kier molecular flexibility index (Phi) is 24.5. The van der Waals surface area contributed by atoms with Gasteiger partial charge in [0.05, 0.1) is 38.5 Å². The van der Waals surface area contributed by atoms with E-state index >= 15 is 0 Å². The molecule has 6 saturated heterocycles. The molecule has 17 N–H and O–H groups in total. The van der Waals surface area contributed by atoms with Crippen LogP contribution in [-0.4, -0.2) is 278 Å². The maximum atomic E-state index is 12.7. The van der Waals surface area contributed by atoms with E-state index in [9.17, 15) is 80.1 Å². The molecule has 442 valence electrons. The number of rotatable bonds is 27. The number of carbonyl (C=O) groups is 5. The summed E-state index contributed by atoms with van der Waals surface area (Å²) in [6.07, 6.45) is -26.6. The molecule has 0 aromatic rings. The molecule has 0 unspecified atom stereocenters. The van der Waals surface area contributed by atoms with Gasteiger partial charge in [0.25, 0.3) is 0 Å². The molecular weight excluding hydrogens is 1050 g/mol. The Morgan fingerprint density at radius 3 is 1.66 bits per heavy atom. The van der Waals surface area contributed by atoms with Gasteiger partial charge in [-0.2, -0.15) is 11.8 Å².